The van der Waals surface area contributed by atoms with Crippen LogP contribution >= 0.6 is 0 Å². The number of para-hydroxylation sites is 1. The first kappa shape index (κ1) is 12.5. The molecule has 0 bridgehead atoms. The van der Waals surface area contributed by atoms with E-state index in [9.17, 15) is 4.79 Å². The summed E-state index contributed by atoms with van der Waals surface area (Å²) in [6.45, 7) is 3.11. The Kier molecular flexibility index (Phi) is 3.89. The molecule has 2 rings (SSSR count). The van der Waals surface area contributed by atoms with Crippen LogP contribution in [-0.4, -0.2) is 22.6 Å². The third kappa shape index (κ3) is 3.05. The summed E-state index contributed by atoms with van der Waals surface area (Å²) < 4.78 is 0. The number of hydrogen-bond acceptors (Lipinski definition) is 3. The average molecular weight is 244 g/mol. The van der Waals surface area contributed by atoms with Crippen LogP contribution < -0.4 is 5.32 Å². The lowest BCUT2D eigenvalue weighted by Crippen LogP contribution is -2.18. The van der Waals surface area contributed by atoms with Crippen molar-refractivity contribution in [3.8, 4) is 0 Å². The molecule has 1 aromatic heterocycles. The Balaban J connectivity index is 2.14. The molecular weight excluding hydrogens is 228 g/mol. The fourth-order valence-electron chi connectivity index (χ4n) is 1.96. The number of rotatable bonds is 5. The van der Waals surface area contributed by atoms with Crippen LogP contribution in [0.3, 0.4) is 0 Å². The van der Waals surface area contributed by atoms with Crippen molar-refractivity contribution in [2.45, 2.75) is 19.9 Å². The molecule has 0 unspecified atom stereocenters. The molecule has 0 radical (unpaired) electrons. The van der Waals surface area contributed by atoms with E-state index >= 15 is 0 Å². The number of carboxylic acid groups (broad SMARTS) is 1. The Hall–Kier alpha value is -1.94. The van der Waals surface area contributed by atoms with Gasteiger partial charge in [-0.05, 0) is 24.6 Å². The van der Waals surface area contributed by atoms with Gasteiger partial charge in [0.05, 0.1) is 11.9 Å². The van der Waals surface area contributed by atoms with Crippen LogP contribution in [0.15, 0.2) is 30.3 Å². The number of benzene rings is 1. The molecule has 1 aromatic carbocycles. The van der Waals surface area contributed by atoms with Crippen molar-refractivity contribution in [3.05, 3.63) is 41.6 Å². The van der Waals surface area contributed by atoms with E-state index in [1.807, 2.05) is 37.3 Å². The van der Waals surface area contributed by atoms with E-state index < -0.39 is 5.97 Å². The van der Waals surface area contributed by atoms with E-state index in [-0.39, 0.29) is 6.42 Å². The third-order valence-corrected chi connectivity index (χ3v) is 2.76. The summed E-state index contributed by atoms with van der Waals surface area (Å²) in [4.78, 5) is 14.9. The average Bonchev–Trinajstić information content (AvgIpc) is 2.34. The van der Waals surface area contributed by atoms with Gasteiger partial charge < -0.3 is 10.4 Å². The Morgan fingerprint density at radius 2 is 2.17 bits per heavy atom. The van der Waals surface area contributed by atoms with Crippen molar-refractivity contribution < 1.29 is 9.90 Å². The minimum Gasteiger partial charge on any atom is -0.481 e. The molecule has 2 N–H and O–H groups in total. The van der Waals surface area contributed by atoms with Crippen LogP contribution in [0.4, 0.5) is 0 Å². The zero-order valence-corrected chi connectivity index (χ0v) is 10.3. The predicted octanol–water partition coefficient (Wildman–Crippen LogP) is 2.11. The van der Waals surface area contributed by atoms with E-state index in [1.54, 1.807) is 0 Å². The van der Waals surface area contributed by atoms with Gasteiger partial charge in [-0.1, -0.05) is 18.2 Å². The van der Waals surface area contributed by atoms with E-state index in [0.717, 1.165) is 22.2 Å². The largest absolute Gasteiger partial charge is 0.481 e. The highest BCUT2D eigenvalue weighted by atomic mass is 16.4. The second-order valence-electron chi connectivity index (χ2n) is 4.26. The standard InChI is InChI=1S/C14H16N2O2/c1-10-8-11(9-15-7-6-14(17)18)12-4-2-3-5-13(12)16-10/h2-5,8,15H,6-7,9H2,1H3,(H,17,18). The molecule has 0 atom stereocenters. The fraction of sp³-hybridized carbons (Fsp3) is 0.286. The summed E-state index contributed by atoms with van der Waals surface area (Å²) in [5.41, 5.74) is 3.11. The van der Waals surface area contributed by atoms with Crippen molar-refractivity contribution >= 4 is 16.9 Å². The molecule has 0 saturated heterocycles. The topological polar surface area (TPSA) is 62.2 Å². The van der Waals surface area contributed by atoms with Gasteiger partial charge in [-0.3, -0.25) is 9.78 Å². The van der Waals surface area contributed by atoms with Crippen LogP contribution in [0.1, 0.15) is 17.7 Å². The summed E-state index contributed by atoms with van der Waals surface area (Å²) in [6.07, 6.45) is 0.141. The molecule has 4 nitrogen and oxygen atoms in total. The lowest BCUT2D eigenvalue weighted by molar-refractivity contribution is -0.136. The number of carbonyl (C=O) groups is 1. The van der Waals surface area contributed by atoms with Gasteiger partial charge in [0.2, 0.25) is 0 Å². The molecule has 0 aliphatic rings. The van der Waals surface area contributed by atoms with Gasteiger partial charge in [0.1, 0.15) is 0 Å². The SMILES string of the molecule is Cc1cc(CNCCC(=O)O)c2ccccc2n1. The lowest BCUT2D eigenvalue weighted by Gasteiger charge is -2.08. The molecule has 94 valence electrons. The third-order valence-electron chi connectivity index (χ3n) is 2.76. The van der Waals surface area contributed by atoms with Crippen molar-refractivity contribution in [1.29, 1.82) is 0 Å². The molecule has 4 heteroatoms. The van der Waals surface area contributed by atoms with Crippen LogP contribution in [0.5, 0.6) is 0 Å². The number of aryl methyl sites for hydroxylation is 1. The Labute approximate surface area is 106 Å². The number of aromatic nitrogens is 1. The second-order valence-corrected chi connectivity index (χ2v) is 4.26. The van der Waals surface area contributed by atoms with Gasteiger partial charge in [0.25, 0.3) is 0 Å². The molecule has 1 heterocycles. The zero-order valence-electron chi connectivity index (χ0n) is 10.3. The van der Waals surface area contributed by atoms with Crippen molar-refractivity contribution in [1.82, 2.24) is 10.3 Å². The Morgan fingerprint density at radius 3 is 2.94 bits per heavy atom. The van der Waals surface area contributed by atoms with Gasteiger partial charge in [-0.2, -0.15) is 0 Å². The first-order valence-corrected chi connectivity index (χ1v) is 5.94. The second kappa shape index (κ2) is 5.60. The maximum atomic E-state index is 10.4. The smallest absolute Gasteiger partial charge is 0.304 e. The molecule has 18 heavy (non-hydrogen) atoms. The molecule has 0 amide bonds. The highest BCUT2D eigenvalue weighted by Gasteiger charge is 2.03. The molecule has 2 aromatic rings. The normalized spacial score (nSPS) is 10.7. The summed E-state index contributed by atoms with van der Waals surface area (Å²) in [5.74, 6) is -0.779. The molecule has 0 saturated carbocycles. The van der Waals surface area contributed by atoms with Gasteiger partial charge in [0.15, 0.2) is 0 Å². The van der Waals surface area contributed by atoms with Gasteiger partial charge in [-0.15, -0.1) is 0 Å². The van der Waals surface area contributed by atoms with Gasteiger partial charge >= 0.3 is 5.97 Å². The highest BCUT2D eigenvalue weighted by Crippen LogP contribution is 2.17. The summed E-state index contributed by atoms with van der Waals surface area (Å²) in [5, 5.41) is 12.8. The number of hydrogen-bond donors (Lipinski definition) is 2. The van der Waals surface area contributed by atoms with Gasteiger partial charge in [0, 0.05) is 24.2 Å². The summed E-state index contributed by atoms with van der Waals surface area (Å²) in [7, 11) is 0. The number of nitrogens with one attached hydrogen (secondary N) is 1. The summed E-state index contributed by atoms with van der Waals surface area (Å²) in [6, 6.07) is 10.0. The van der Waals surface area contributed by atoms with E-state index in [4.69, 9.17) is 5.11 Å². The lowest BCUT2D eigenvalue weighted by atomic mass is 10.1. The van der Waals surface area contributed by atoms with Gasteiger partial charge in [-0.25, -0.2) is 0 Å². The number of fused-ring (bicyclic) bond motifs is 1. The Bertz CT molecular complexity index is 567. The molecule has 0 aliphatic heterocycles. The van der Waals surface area contributed by atoms with E-state index in [0.29, 0.717) is 13.1 Å². The minimum atomic E-state index is -0.779. The number of pyridine rings is 1. The Morgan fingerprint density at radius 1 is 1.39 bits per heavy atom. The maximum absolute atomic E-state index is 10.4. The van der Waals surface area contributed by atoms with Crippen LogP contribution in [0.2, 0.25) is 0 Å². The van der Waals surface area contributed by atoms with E-state index in [1.165, 1.54) is 0 Å². The molecular formula is C14H16N2O2. The highest BCUT2D eigenvalue weighted by molar-refractivity contribution is 5.82. The summed E-state index contributed by atoms with van der Waals surface area (Å²) >= 11 is 0. The molecule has 0 fully saturated rings. The predicted molar refractivity (Wildman–Crippen MR) is 70.4 cm³/mol. The van der Waals surface area contributed by atoms with Crippen molar-refractivity contribution in [3.63, 3.8) is 0 Å². The minimum absolute atomic E-state index is 0.141. The zero-order chi connectivity index (χ0) is 13.0. The monoisotopic (exact) mass is 244 g/mol. The van der Waals surface area contributed by atoms with Crippen molar-refractivity contribution in [2.24, 2.45) is 0 Å². The van der Waals surface area contributed by atoms with Crippen LogP contribution in [0.25, 0.3) is 10.9 Å². The maximum Gasteiger partial charge on any atom is 0.304 e. The first-order valence-electron chi connectivity index (χ1n) is 5.94. The van der Waals surface area contributed by atoms with Crippen molar-refractivity contribution in [2.75, 3.05) is 6.54 Å². The molecule has 0 spiro atoms. The quantitative estimate of drug-likeness (QED) is 0.791. The molecule has 0 aliphatic carbocycles. The first-order chi connectivity index (χ1) is 8.66. The van der Waals surface area contributed by atoms with Crippen LogP contribution in [0, 0.1) is 6.92 Å². The fourth-order valence-corrected chi connectivity index (χ4v) is 1.96. The number of aliphatic carboxylic acids is 1. The number of carboxylic acids is 1. The number of nitrogens with zero attached hydrogens (tertiary/aromatic N) is 1. The van der Waals surface area contributed by atoms with Crippen LogP contribution in [-0.2, 0) is 11.3 Å². The van der Waals surface area contributed by atoms with E-state index in [2.05, 4.69) is 10.3 Å².